The lowest BCUT2D eigenvalue weighted by atomic mass is 10.1. The molecule has 0 fully saturated rings. The van der Waals surface area contributed by atoms with Crippen molar-refractivity contribution in [2.75, 3.05) is 11.6 Å². The van der Waals surface area contributed by atoms with Crippen LogP contribution in [0.2, 0.25) is 0 Å². The van der Waals surface area contributed by atoms with Gasteiger partial charge in [-0.1, -0.05) is 50.8 Å². The van der Waals surface area contributed by atoms with Crippen molar-refractivity contribution < 1.29 is 0 Å². The van der Waals surface area contributed by atoms with Crippen molar-refractivity contribution in [1.82, 2.24) is 19.1 Å². The Morgan fingerprint density at radius 2 is 1.88 bits per heavy atom. The minimum absolute atomic E-state index is 0.371. The predicted octanol–water partition coefficient (Wildman–Crippen LogP) is 3.11. The molecular weight excluding hydrogens is 348 g/mol. The number of hydrogen-bond acceptors (Lipinski definition) is 4. The fraction of sp³-hybridized carbons (Fsp3) is 0.688. The lowest BCUT2D eigenvalue weighted by Crippen LogP contribution is -2.29. The molecule has 0 aliphatic rings. The van der Waals surface area contributed by atoms with Gasteiger partial charge in [0.05, 0.1) is 0 Å². The standard InChI is InChI=1S/C16H25ClN4O2S/c1-3-4-5-6-7-8-10-21-12-13(18-16(21)24-11-9-17)20(2)15(23)19-14(12)22/h3-11H2,1-2H3,(H,19,22,23). The monoisotopic (exact) mass is 372 g/mol. The van der Waals surface area contributed by atoms with Gasteiger partial charge in [0.25, 0.3) is 5.56 Å². The number of fused-ring (bicyclic) bond motifs is 1. The van der Waals surface area contributed by atoms with Gasteiger partial charge in [-0.05, 0) is 6.42 Å². The molecule has 0 atom stereocenters. The average Bonchev–Trinajstić information content (AvgIpc) is 2.93. The summed E-state index contributed by atoms with van der Waals surface area (Å²) in [5.74, 6) is 1.23. The smallest absolute Gasteiger partial charge is 0.313 e. The van der Waals surface area contributed by atoms with Gasteiger partial charge in [-0.2, -0.15) is 0 Å². The zero-order chi connectivity index (χ0) is 17.5. The van der Waals surface area contributed by atoms with E-state index < -0.39 is 5.69 Å². The van der Waals surface area contributed by atoms with Gasteiger partial charge in [0.1, 0.15) is 0 Å². The highest BCUT2D eigenvalue weighted by molar-refractivity contribution is 7.99. The third kappa shape index (κ3) is 4.45. The van der Waals surface area contributed by atoms with E-state index in [1.165, 1.54) is 42.0 Å². The number of nitrogens with one attached hydrogen (secondary N) is 1. The molecule has 0 aromatic carbocycles. The number of aromatic amines is 1. The van der Waals surface area contributed by atoms with Crippen molar-refractivity contribution in [3.8, 4) is 0 Å². The number of unbranched alkanes of at least 4 members (excludes halogenated alkanes) is 5. The van der Waals surface area contributed by atoms with Crippen LogP contribution in [0.5, 0.6) is 0 Å². The molecule has 2 rings (SSSR count). The quantitative estimate of drug-likeness (QED) is 0.395. The summed E-state index contributed by atoms with van der Waals surface area (Å²) < 4.78 is 3.32. The molecule has 24 heavy (non-hydrogen) atoms. The molecule has 0 saturated carbocycles. The predicted molar refractivity (Wildman–Crippen MR) is 100 cm³/mol. The van der Waals surface area contributed by atoms with Crippen molar-refractivity contribution in [2.45, 2.75) is 57.1 Å². The van der Waals surface area contributed by atoms with Crippen LogP contribution in [-0.4, -0.2) is 30.7 Å². The van der Waals surface area contributed by atoms with Gasteiger partial charge >= 0.3 is 5.69 Å². The number of thioether (sulfide) groups is 1. The molecule has 0 aliphatic heterocycles. The Hall–Kier alpha value is -1.21. The minimum atomic E-state index is -0.439. The number of aromatic nitrogens is 4. The first-order valence-corrected chi connectivity index (χ1v) is 10.0. The molecule has 1 N–H and O–H groups in total. The Bertz CT molecular complexity index is 781. The third-order valence-electron chi connectivity index (χ3n) is 4.02. The van der Waals surface area contributed by atoms with Crippen LogP contribution in [0.3, 0.4) is 0 Å². The summed E-state index contributed by atoms with van der Waals surface area (Å²) in [6.45, 7) is 2.93. The Kier molecular flexibility index (Phi) is 7.42. The van der Waals surface area contributed by atoms with Crippen LogP contribution >= 0.6 is 23.4 Å². The Labute approximate surface area is 150 Å². The molecule has 0 amide bonds. The lowest BCUT2D eigenvalue weighted by Gasteiger charge is -2.08. The van der Waals surface area contributed by atoms with Gasteiger partial charge in [0.15, 0.2) is 16.3 Å². The van der Waals surface area contributed by atoms with Crippen LogP contribution in [0.4, 0.5) is 0 Å². The fourth-order valence-corrected chi connectivity index (χ4v) is 3.69. The summed E-state index contributed by atoms with van der Waals surface area (Å²) in [6.07, 6.45) is 7.08. The number of nitrogens with zero attached hydrogens (tertiary/aromatic N) is 3. The molecular formula is C16H25ClN4O2S. The van der Waals surface area contributed by atoms with E-state index in [4.69, 9.17) is 11.6 Å². The summed E-state index contributed by atoms with van der Waals surface area (Å²) in [5, 5.41) is 0.755. The van der Waals surface area contributed by atoms with Crippen molar-refractivity contribution in [1.29, 1.82) is 0 Å². The van der Waals surface area contributed by atoms with Crippen molar-refractivity contribution >= 4 is 34.5 Å². The number of imidazole rings is 1. The number of hydrogen-bond donors (Lipinski definition) is 1. The topological polar surface area (TPSA) is 72.7 Å². The number of rotatable bonds is 10. The van der Waals surface area contributed by atoms with E-state index in [2.05, 4.69) is 16.9 Å². The second kappa shape index (κ2) is 9.32. The first kappa shape index (κ1) is 19.1. The molecule has 0 bridgehead atoms. The maximum atomic E-state index is 12.3. The Morgan fingerprint density at radius 3 is 2.58 bits per heavy atom. The molecule has 8 heteroatoms. The maximum absolute atomic E-state index is 12.3. The van der Waals surface area contributed by atoms with E-state index in [1.807, 2.05) is 4.57 Å². The van der Waals surface area contributed by atoms with Gasteiger partial charge < -0.3 is 4.57 Å². The van der Waals surface area contributed by atoms with Crippen molar-refractivity contribution in [3.05, 3.63) is 20.8 Å². The zero-order valence-electron chi connectivity index (χ0n) is 14.3. The van der Waals surface area contributed by atoms with Gasteiger partial charge in [0, 0.05) is 25.2 Å². The van der Waals surface area contributed by atoms with Gasteiger partial charge in [-0.25, -0.2) is 9.78 Å². The number of halogens is 1. The fourth-order valence-electron chi connectivity index (χ4n) is 2.71. The highest BCUT2D eigenvalue weighted by Gasteiger charge is 2.17. The normalized spacial score (nSPS) is 11.5. The minimum Gasteiger partial charge on any atom is -0.313 e. The molecule has 0 aliphatic carbocycles. The van der Waals surface area contributed by atoms with Crippen LogP contribution in [0, 0.1) is 0 Å². The first-order chi connectivity index (χ1) is 11.6. The SMILES string of the molecule is CCCCCCCCn1c(SCCCl)nc2c1c(=O)[nH]c(=O)n2C. The van der Waals surface area contributed by atoms with E-state index in [0.29, 0.717) is 22.8 Å². The molecule has 2 aromatic heterocycles. The zero-order valence-corrected chi connectivity index (χ0v) is 15.9. The van der Waals surface area contributed by atoms with Crippen LogP contribution in [0.15, 0.2) is 14.7 Å². The highest BCUT2D eigenvalue weighted by atomic mass is 35.5. The summed E-state index contributed by atoms with van der Waals surface area (Å²) >= 11 is 7.30. The van der Waals surface area contributed by atoms with E-state index in [1.54, 1.807) is 7.05 Å². The number of alkyl halides is 1. The Balaban J connectivity index is 2.26. The maximum Gasteiger partial charge on any atom is 0.329 e. The van der Waals surface area contributed by atoms with E-state index in [9.17, 15) is 9.59 Å². The van der Waals surface area contributed by atoms with Gasteiger partial charge in [-0.3, -0.25) is 14.3 Å². The molecule has 0 unspecified atom stereocenters. The molecule has 2 aromatic rings. The third-order valence-corrected chi connectivity index (χ3v) is 5.41. The van der Waals surface area contributed by atoms with E-state index >= 15 is 0 Å². The second-order valence-electron chi connectivity index (χ2n) is 5.84. The molecule has 0 radical (unpaired) electrons. The van der Waals surface area contributed by atoms with E-state index in [-0.39, 0.29) is 5.56 Å². The summed E-state index contributed by atoms with van der Waals surface area (Å²) in [5.41, 5.74) is 0.101. The van der Waals surface area contributed by atoms with Gasteiger partial charge in [-0.15, -0.1) is 11.6 Å². The first-order valence-electron chi connectivity index (χ1n) is 8.48. The molecule has 134 valence electrons. The van der Waals surface area contributed by atoms with Crippen LogP contribution in [0.1, 0.15) is 45.4 Å². The molecule has 6 nitrogen and oxygen atoms in total. The van der Waals surface area contributed by atoms with Crippen molar-refractivity contribution in [2.24, 2.45) is 7.05 Å². The highest BCUT2D eigenvalue weighted by Crippen LogP contribution is 2.22. The summed E-state index contributed by atoms with van der Waals surface area (Å²) in [7, 11) is 1.62. The largest absolute Gasteiger partial charge is 0.329 e. The van der Waals surface area contributed by atoms with Crippen LogP contribution in [-0.2, 0) is 13.6 Å². The molecule has 0 spiro atoms. The number of H-pyrrole nitrogens is 1. The van der Waals surface area contributed by atoms with Crippen LogP contribution < -0.4 is 11.2 Å². The number of aryl methyl sites for hydroxylation is 2. The van der Waals surface area contributed by atoms with E-state index in [0.717, 1.165) is 24.5 Å². The average molecular weight is 373 g/mol. The van der Waals surface area contributed by atoms with Crippen molar-refractivity contribution in [3.63, 3.8) is 0 Å². The van der Waals surface area contributed by atoms with Gasteiger partial charge in [0.2, 0.25) is 0 Å². The summed E-state index contributed by atoms with van der Waals surface area (Å²) in [6, 6.07) is 0. The second-order valence-corrected chi connectivity index (χ2v) is 7.28. The molecule has 2 heterocycles. The molecule has 0 saturated heterocycles. The summed E-state index contributed by atoms with van der Waals surface area (Å²) in [4.78, 5) is 30.9. The van der Waals surface area contributed by atoms with Crippen LogP contribution in [0.25, 0.3) is 11.2 Å². The lowest BCUT2D eigenvalue weighted by molar-refractivity contribution is 0.544. The Morgan fingerprint density at radius 1 is 1.17 bits per heavy atom.